The number of aromatic nitrogens is 1. The SMILES string of the molecule is CC(=O)NNC(=O)c1cccnc1Oc1ccccc1. The van der Waals surface area contributed by atoms with E-state index in [1.165, 1.54) is 13.1 Å². The van der Waals surface area contributed by atoms with E-state index in [-0.39, 0.29) is 17.4 Å². The number of rotatable bonds is 3. The van der Waals surface area contributed by atoms with Crippen LogP contribution in [-0.4, -0.2) is 16.8 Å². The van der Waals surface area contributed by atoms with E-state index in [4.69, 9.17) is 4.74 Å². The Morgan fingerprint density at radius 1 is 1.05 bits per heavy atom. The molecule has 102 valence electrons. The lowest BCUT2D eigenvalue weighted by Gasteiger charge is -2.10. The van der Waals surface area contributed by atoms with Crippen LogP contribution in [0.2, 0.25) is 0 Å². The molecule has 0 fully saturated rings. The van der Waals surface area contributed by atoms with Gasteiger partial charge in [-0.25, -0.2) is 4.98 Å². The van der Waals surface area contributed by atoms with Gasteiger partial charge in [0, 0.05) is 13.1 Å². The zero-order chi connectivity index (χ0) is 14.4. The molecule has 2 rings (SSSR count). The minimum Gasteiger partial charge on any atom is -0.438 e. The summed E-state index contributed by atoms with van der Waals surface area (Å²) < 4.78 is 5.55. The highest BCUT2D eigenvalue weighted by Gasteiger charge is 2.14. The van der Waals surface area contributed by atoms with Crippen LogP contribution in [0.5, 0.6) is 11.6 Å². The van der Waals surface area contributed by atoms with Gasteiger partial charge in [-0.3, -0.25) is 20.4 Å². The maximum absolute atomic E-state index is 11.9. The fraction of sp³-hybridized carbons (Fsp3) is 0.0714. The normalized spacial score (nSPS) is 9.65. The first-order chi connectivity index (χ1) is 9.66. The number of hydrogen-bond donors (Lipinski definition) is 2. The van der Waals surface area contributed by atoms with Crippen LogP contribution < -0.4 is 15.6 Å². The maximum atomic E-state index is 11.9. The molecule has 1 heterocycles. The molecule has 0 spiro atoms. The predicted octanol–water partition coefficient (Wildman–Crippen LogP) is 1.65. The van der Waals surface area contributed by atoms with E-state index < -0.39 is 5.91 Å². The van der Waals surface area contributed by atoms with Crippen molar-refractivity contribution >= 4 is 11.8 Å². The minimum absolute atomic E-state index is 0.168. The van der Waals surface area contributed by atoms with E-state index in [1.54, 1.807) is 24.3 Å². The number of nitrogens with zero attached hydrogens (tertiary/aromatic N) is 1. The molecule has 1 aromatic heterocycles. The second-order valence-corrected chi connectivity index (χ2v) is 3.91. The fourth-order valence-corrected chi connectivity index (χ4v) is 1.46. The highest BCUT2D eigenvalue weighted by molar-refractivity contribution is 5.97. The Morgan fingerprint density at radius 2 is 1.80 bits per heavy atom. The van der Waals surface area contributed by atoms with Crippen molar-refractivity contribution in [2.75, 3.05) is 0 Å². The van der Waals surface area contributed by atoms with E-state index >= 15 is 0 Å². The van der Waals surface area contributed by atoms with Crippen LogP contribution in [0.25, 0.3) is 0 Å². The second kappa shape index (κ2) is 6.33. The van der Waals surface area contributed by atoms with Crippen molar-refractivity contribution in [3.63, 3.8) is 0 Å². The van der Waals surface area contributed by atoms with Crippen LogP contribution in [0.1, 0.15) is 17.3 Å². The van der Waals surface area contributed by atoms with Crippen LogP contribution in [0, 0.1) is 0 Å². The van der Waals surface area contributed by atoms with Gasteiger partial charge >= 0.3 is 0 Å². The van der Waals surface area contributed by atoms with Gasteiger partial charge in [0.2, 0.25) is 11.8 Å². The van der Waals surface area contributed by atoms with Gasteiger partial charge in [0.05, 0.1) is 0 Å². The zero-order valence-corrected chi connectivity index (χ0v) is 10.8. The topological polar surface area (TPSA) is 80.3 Å². The first-order valence-electron chi connectivity index (χ1n) is 5.91. The maximum Gasteiger partial charge on any atom is 0.275 e. The number of pyridine rings is 1. The highest BCUT2D eigenvalue weighted by Crippen LogP contribution is 2.22. The standard InChI is InChI=1S/C14H13N3O3/c1-10(18)16-17-13(19)12-8-5-9-15-14(12)20-11-6-3-2-4-7-11/h2-9H,1H3,(H,16,18)(H,17,19). The summed E-state index contributed by atoms with van der Waals surface area (Å²) in [7, 11) is 0. The third-order valence-electron chi connectivity index (χ3n) is 2.33. The number of carbonyl (C=O) groups excluding carboxylic acids is 2. The molecule has 0 aliphatic heterocycles. The highest BCUT2D eigenvalue weighted by atomic mass is 16.5. The molecule has 2 amide bonds. The van der Waals surface area contributed by atoms with E-state index in [2.05, 4.69) is 15.8 Å². The van der Waals surface area contributed by atoms with Gasteiger partial charge in [0.25, 0.3) is 5.91 Å². The minimum atomic E-state index is -0.501. The summed E-state index contributed by atoms with van der Waals surface area (Å²) in [6.07, 6.45) is 1.52. The van der Waals surface area contributed by atoms with Crippen molar-refractivity contribution in [2.24, 2.45) is 0 Å². The van der Waals surface area contributed by atoms with Gasteiger partial charge in [-0.2, -0.15) is 0 Å². The van der Waals surface area contributed by atoms with Crippen molar-refractivity contribution in [1.82, 2.24) is 15.8 Å². The summed E-state index contributed by atoms with van der Waals surface area (Å²) in [6, 6.07) is 12.2. The Bertz CT molecular complexity index is 614. The van der Waals surface area contributed by atoms with Gasteiger partial charge in [0.1, 0.15) is 11.3 Å². The molecule has 20 heavy (non-hydrogen) atoms. The molecule has 2 aromatic rings. The van der Waals surface area contributed by atoms with E-state index in [9.17, 15) is 9.59 Å². The van der Waals surface area contributed by atoms with Crippen molar-refractivity contribution in [3.8, 4) is 11.6 Å². The lowest BCUT2D eigenvalue weighted by molar-refractivity contribution is -0.119. The quantitative estimate of drug-likeness (QED) is 0.832. The average molecular weight is 271 g/mol. The summed E-state index contributed by atoms with van der Waals surface area (Å²) >= 11 is 0. The first kappa shape index (κ1) is 13.5. The zero-order valence-electron chi connectivity index (χ0n) is 10.8. The second-order valence-electron chi connectivity index (χ2n) is 3.91. The van der Waals surface area contributed by atoms with Gasteiger partial charge in [-0.05, 0) is 24.3 Å². The number of benzene rings is 1. The molecule has 0 aliphatic rings. The molecule has 2 N–H and O–H groups in total. The number of amides is 2. The molecule has 0 atom stereocenters. The molecule has 0 unspecified atom stereocenters. The lowest BCUT2D eigenvalue weighted by Crippen LogP contribution is -2.40. The number of para-hydroxylation sites is 1. The van der Waals surface area contributed by atoms with Crippen molar-refractivity contribution < 1.29 is 14.3 Å². The summed E-state index contributed by atoms with van der Waals surface area (Å²) in [5.74, 6) is -0.131. The Hall–Kier alpha value is -2.89. The third kappa shape index (κ3) is 3.55. The fourth-order valence-electron chi connectivity index (χ4n) is 1.46. The third-order valence-corrected chi connectivity index (χ3v) is 2.33. The number of nitrogens with one attached hydrogen (secondary N) is 2. The Morgan fingerprint density at radius 3 is 2.50 bits per heavy atom. The molecule has 6 nitrogen and oxygen atoms in total. The molecule has 0 radical (unpaired) electrons. The van der Waals surface area contributed by atoms with Crippen molar-refractivity contribution in [3.05, 3.63) is 54.2 Å². The number of carbonyl (C=O) groups is 2. The largest absolute Gasteiger partial charge is 0.438 e. The van der Waals surface area contributed by atoms with Gasteiger partial charge in [0.15, 0.2) is 0 Å². The molecule has 1 aromatic carbocycles. The van der Waals surface area contributed by atoms with Crippen LogP contribution in [0.3, 0.4) is 0 Å². The Labute approximate surface area is 115 Å². The number of ether oxygens (including phenoxy) is 1. The summed E-state index contributed by atoms with van der Waals surface area (Å²) in [4.78, 5) is 26.7. The van der Waals surface area contributed by atoms with Crippen molar-refractivity contribution in [1.29, 1.82) is 0 Å². The van der Waals surface area contributed by atoms with Gasteiger partial charge in [-0.1, -0.05) is 18.2 Å². The van der Waals surface area contributed by atoms with Crippen LogP contribution >= 0.6 is 0 Å². The molecule has 0 aliphatic carbocycles. The smallest absolute Gasteiger partial charge is 0.275 e. The number of hydrogen-bond acceptors (Lipinski definition) is 4. The van der Waals surface area contributed by atoms with Crippen LogP contribution in [0.15, 0.2) is 48.7 Å². The van der Waals surface area contributed by atoms with E-state index in [1.807, 2.05) is 18.2 Å². The summed E-state index contributed by atoms with van der Waals surface area (Å²) in [5, 5.41) is 0. The molecule has 6 heteroatoms. The Kier molecular flexibility index (Phi) is 4.28. The molecular formula is C14H13N3O3. The predicted molar refractivity (Wildman–Crippen MR) is 72.0 cm³/mol. The average Bonchev–Trinajstić information content (AvgIpc) is 2.46. The lowest BCUT2D eigenvalue weighted by atomic mass is 10.2. The van der Waals surface area contributed by atoms with E-state index in [0.29, 0.717) is 5.75 Å². The molecule has 0 bridgehead atoms. The monoisotopic (exact) mass is 271 g/mol. The summed E-state index contributed by atoms with van der Waals surface area (Å²) in [6.45, 7) is 1.30. The number of hydrazine groups is 1. The van der Waals surface area contributed by atoms with Crippen molar-refractivity contribution in [2.45, 2.75) is 6.92 Å². The van der Waals surface area contributed by atoms with Crippen LogP contribution in [0.4, 0.5) is 0 Å². The molecule has 0 saturated heterocycles. The van der Waals surface area contributed by atoms with Crippen LogP contribution in [-0.2, 0) is 4.79 Å². The molecule has 0 saturated carbocycles. The van der Waals surface area contributed by atoms with Gasteiger partial charge in [-0.15, -0.1) is 0 Å². The molecular weight excluding hydrogens is 258 g/mol. The first-order valence-corrected chi connectivity index (χ1v) is 5.91. The van der Waals surface area contributed by atoms with E-state index in [0.717, 1.165) is 0 Å². The summed E-state index contributed by atoms with van der Waals surface area (Å²) in [5.41, 5.74) is 4.71. The Balaban J connectivity index is 2.18. The van der Waals surface area contributed by atoms with Gasteiger partial charge < -0.3 is 4.74 Å².